The van der Waals surface area contributed by atoms with Crippen molar-refractivity contribution in [2.24, 2.45) is 5.41 Å². The Morgan fingerprint density at radius 2 is 1.85 bits per heavy atom. The Kier molecular flexibility index (Phi) is 5.18. The third kappa shape index (κ3) is 3.83. The van der Waals surface area contributed by atoms with Crippen LogP contribution in [-0.4, -0.2) is 35.1 Å². The highest BCUT2D eigenvalue weighted by Gasteiger charge is 2.42. The van der Waals surface area contributed by atoms with Gasteiger partial charge in [0.15, 0.2) is 0 Å². The number of hydrogen-bond acceptors (Lipinski definition) is 2. The molecule has 0 bridgehead atoms. The van der Waals surface area contributed by atoms with Crippen LogP contribution >= 0.6 is 11.6 Å². The molecule has 2 aromatic carbocycles. The van der Waals surface area contributed by atoms with Crippen LogP contribution < -0.4 is 5.32 Å². The van der Waals surface area contributed by atoms with Gasteiger partial charge in [-0.05, 0) is 36.6 Å². The van der Waals surface area contributed by atoms with Crippen molar-refractivity contribution >= 4 is 23.6 Å². The minimum absolute atomic E-state index is 0.200. The van der Waals surface area contributed by atoms with Crippen molar-refractivity contribution in [3.63, 3.8) is 0 Å². The highest BCUT2D eigenvalue weighted by atomic mass is 35.5. The zero-order valence-electron chi connectivity index (χ0n) is 14.5. The fourth-order valence-corrected chi connectivity index (χ4v) is 3.41. The number of benzene rings is 2. The van der Waals surface area contributed by atoms with Gasteiger partial charge >= 0.3 is 12.0 Å². The number of rotatable bonds is 4. The SMILES string of the molecule is CC1(C(=O)O)CCN(C(=O)NC(c2ccccc2)c2cccc(Cl)c2)C1. The van der Waals surface area contributed by atoms with Gasteiger partial charge in [-0.25, -0.2) is 4.79 Å². The van der Waals surface area contributed by atoms with Crippen molar-refractivity contribution < 1.29 is 14.7 Å². The number of aliphatic carboxylic acids is 1. The van der Waals surface area contributed by atoms with Crippen molar-refractivity contribution in [3.8, 4) is 0 Å². The number of carbonyl (C=O) groups is 2. The number of likely N-dealkylation sites (tertiary alicyclic amines) is 1. The first-order chi connectivity index (χ1) is 12.4. The third-order valence-corrected chi connectivity index (χ3v) is 5.09. The summed E-state index contributed by atoms with van der Waals surface area (Å²) in [6, 6.07) is 16.4. The number of urea groups is 1. The van der Waals surface area contributed by atoms with E-state index in [9.17, 15) is 14.7 Å². The van der Waals surface area contributed by atoms with Crippen LogP contribution in [0.15, 0.2) is 54.6 Å². The second-order valence-corrected chi connectivity index (χ2v) is 7.32. The van der Waals surface area contributed by atoms with Gasteiger partial charge in [-0.2, -0.15) is 0 Å². The molecule has 1 saturated heterocycles. The molecule has 6 heteroatoms. The maximum absolute atomic E-state index is 12.8. The maximum Gasteiger partial charge on any atom is 0.318 e. The first kappa shape index (κ1) is 18.3. The van der Waals surface area contributed by atoms with E-state index in [1.54, 1.807) is 17.9 Å². The molecular weight excluding hydrogens is 352 g/mol. The van der Waals surface area contributed by atoms with E-state index in [-0.39, 0.29) is 18.6 Å². The second-order valence-electron chi connectivity index (χ2n) is 6.89. The standard InChI is InChI=1S/C20H21ClN2O3/c1-20(18(24)25)10-11-23(13-20)19(26)22-17(14-6-3-2-4-7-14)15-8-5-9-16(21)12-15/h2-9,12,17H,10-11,13H2,1H3,(H,22,26)(H,24,25). The number of carbonyl (C=O) groups excluding carboxylic acids is 1. The number of nitrogens with zero attached hydrogens (tertiary/aromatic N) is 1. The van der Waals surface area contributed by atoms with Crippen LogP contribution in [0.5, 0.6) is 0 Å². The Labute approximate surface area is 157 Å². The average molecular weight is 373 g/mol. The quantitative estimate of drug-likeness (QED) is 0.854. The molecule has 2 N–H and O–H groups in total. The van der Waals surface area contributed by atoms with E-state index in [0.29, 0.717) is 18.0 Å². The monoisotopic (exact) mass is 372 g/mol. The number of carboxylic acid groups (broad SMARTS) is 1. The molecule has 0 spiro atoms. The lowest BCUT2D eigenvalue weighted by molar-refractivity contribution is -0.147. The van der Waals surface area contributed by atoms with Crippen LogP contribution in [0.25, 0.3) is 0 Å². The van der Waals surface area contributed by atoms with Crippen molar-refractivity contribution in [2.45, 2.75) is 19.4 Å². The Bertz CT molecular complexity index is 812. The van der Waals surface area contributed by atoms with Crippen LogP contribution in [0.3, 0.4) is 0 Å². The summed E-state index contributed by atoms with van der Waals surface area (Å²) in [6.07, 6.45) is 0.447. The first-order valence-corrected chi connectivity index (χ1v) is 8.86. The van der Waals surface area contributed by atoms with Gasteiger partial charge in [0, 0.05) is 18.1 Å². The lowest BCUT2D eigenvalue weighted by Crippen LogP contribution is -2.42. The maximum atomic E-state index is 12.8. The number of hydrogen-bond donors (Lipinski definition) is 2. The normalized spacial score (nSPS) is 20.6. The van der Waals surface area contributed by atoms with Gasteiger partial charge in [0.05, 0.1) is 11.5 Å². The second kappa shape index (κ2) is 7.38. The van der Waals surface area contributed by atoms with Crippen molar-refractivity contribution in [2.75, 3.05) is 13.1 Å². The lowest BCUT2D eigenvalue weighted by Gasteiger charge is -2.25. The molecule has 1 fully saturated rings. The first-order valence-electron chi connectivity index (χ1n) is 8.48. The molecule has 26 heavy (non-hydrogen) atoms. The molecule has 1 aliphatic rings. The van der Waals surface area contributed by atoms with Gasteiger partial charge in [0.25, 0.3) is 0 Å². The van der Waals surface area contributed by atoms with E-state index >= 15 is 0 Å². The molecule has 0 aromatic heterocycles. The molecule has 0 saturated carbocycles. The molecule has 1 heterocycles. The fraction of sp³-hybridized carbons (Fsp3) is 0.300. The third-order valence-electron chi connectivity index (χ3n) is 4.86. The van der Waals surface area contributed by atoms with Crippen LogP contribution in [0.4, 0.5) is 4.79 Å². The number of carboxylic acids is 1. The van der Waals surface area contributed by atoms with Gasteiger partial charge in [-0.15, -0.1) is 0 Å². The molecular formula is C20H21ClN2O3. The van der Waals surface area contributed by atoms with Gasteiger partial charge in [-0.1, -0.05) is 54.1 Å². The van der Waals surface area contributed by atoms with Crippen LogP contribution in [0.1, 0.15) is 30.5 Å². The molecule has 136 valence electrons. The number of amides is 2. The summed E-state index contributed by atoms with van der Waals surface area (Å²) in [5.41, 5.74) is 0.913. The Hall–Kier alpha value is -2.53. The van der Waals surface area contributed by atoms with Crippen molar-refractivity contribution in [1.82, 2.24) is 10.2 Å². The van der Waals surface area contributed by atoms with E-state index in [1.807, 2.05) is 48.5 Å². The smallest absolute Gasteiger partial charge is 0.318 e. The Morgan fingerprint density at radius 3 is 2.46 bits per heavy atom. The van der Waals surface area contributed by atoms with Crippen LogP contribution in [-0.2, 0) is 4.79 Å². The topological polar surface area (TPSA) is 69.6 Å². The van der Waals surface area contributed by atoms with E-state index in [2.05, 4.69) is 5.32 Å². The summed E-state index contributed by atoms with van der Waals surface area (Å²) in [5.74, 6) is -0.873. The summed E-state index contributed by atoms with van der Waals surface area (Å²) in [5, 5.41) is 13.0. The van der Waals surface area contributed by atoms with Gasteiger partial charge in [0.1, 0.15) is 0 Å². The number of halogens is 1. The molecule has 5 nitrogen and oxygen atoms in total. The minimum atomic E-state index is -0.893. The highest BCUT2D eigenvalue weighted by Crippen LogP contribution is 2.31. The average Bonchev–Trinajstić information content (AvgIpc) is 3.04. The zero-order valence-corrected chi connectivity index (χ0v) is 15.2. The summed E-state index contributed by atoms with van der Waals surface area (Å²) < 4.78 is 0. The predicted octanol–water partition coefficient (Wildman–Crippen LogP) is 3.94. The minimum Gasteiger partial charge on any atom is -0.481 e. The molecule has 2 amide bonds. The summed E-state index contributed by atoms with van der Waals surface area (Å²) >= 11 is 6.12. The summed E-state index contributed by atoms with van der Waals surface area (Å²) in [6.45, 7) is 2.30. The van der Waals surface area contributed by atoms with Crippen LogP contribution in [0, 0.1) is 5.41 Å². The molecule has 0 aliphatic carbocycles. The van der Waals surface area contributed by atoms with Gasteiger partial charge in [-0.3, -0.25) is 4.79 Å². The van der Waals surface area contributed by atoms with Crippen LogP contribution in [0.2, 0.25) is 5.02 Å². The molecule has 2 atom stereocenters. The molecule has 0 radical (unpaired) electrons. The lowest BCUT2D eigenvalue weighted by atomic mass is 9.90. The molecule has 2 unspecified atom stereocenters. The predicted molar refractivity (Wildman–Crippen MR) is 100 cm³/mol. The Balaban J connectivity index is 1.83. The highest BCUT2D eigenvalue weighted by molar-refractivity contribution is 6.30. The van der Waals surface area contributed by atoms with Crippen molar-refractivity contribution in [3.05, 3.63) is 70.7 Å². The summed E-state index contributed by atoms with van der Waals surface area (Å²) in [7, 11) is 0. The van der Waals surface area contributed by atoms with E-state index < -0.39 is 11.4 Å². The number of nitrogens with one attached hydrogen (secondary N) is 1. The van der Waals surface area contributed by atoms with E-state index in [4.69, 9.17) is 11.6 Å². The Morgan fingerprint density at radius 1 is 1.15 bits per heavy atom. The van der Waals surface area contributed by atoms with Gasteiger partial charge in [0.2, 0.25) is 0 Å². The molecule has 1 aliphatic heterocycles. The van der Waals surface area contributed by atoms with Gasteiger partial charge < -0.3 is 15.3 Å². The van der Waals surface area contributed by atoms with E-state index in [1.165, 1.54) is 0 Å². The van der Waals surface area contributed by atoms with E-state index in [0.717, 1.165) is 11.1 Å². The summed E-state index contributed by atoms with van der Waals surface area (Å²) in [4.78, 5) is 25.8. The molecule has 3 rings (SSSR count). The molecule has 2 aromatic rings. The fourth-order valence-electron chi connectivity index (χ4n) is 3.21. The zero-order chi connectivity index (χ0) is 18.7. The largest absolute Gasteiger partial charge is 0.481 e. The van der Waals surface area contributed by atoms with Crippen molar-refractivity contribution in [1.29, 1.82) is 0 Å².